The molecule has 1 saturated heterocycles. The van der Waals surface area contributed by atoms with Crippen LogP contribution in [0.4, 0.5) is 5.69 Å². The number of hydrogen-bond donors (Lipinski definition) is 0. The molecule has 2 aromatic carbocycles. The van der Waals surface area contributed by atoms with E-state index in [0.29, 0.717) is 16.3 Å². The molecule has 2 heterocycles. The topological polar surface area (TPSA) is 70.1 Å². The maximum Gasteiger partial charge on any atom is 0.261 e. The van der Waals surface area contributed by atoms with Crippen molar-refractivity contribution >= 4 is 40.3 Å². The van der Waals surface area contributed by atoms with Gasteiger partial charge in [0.15, 0.2) is 5.17 Å². The largest absolute Gasteiger partial charge is 0.287 e. The standard InChI is InChI=1S/C23H23N3O3S/c1-3-17-14-30-23(24-16-8-6-7-15(2)13-16)26(17)20(27)11-12-25-21(28)18-9-4-5-10-19(18)22(25)29/h4-10,13,17H,3,11-12,14H2,1-2H3/t17-/m1/s1. The van der Waals surface area contributed by atoms with Crippen molar-refractivity contribution in [3.05, 3.63) is 65.2 Å². The molecule has 0 radical (unpaired) electrons. The van der Waals surface area contributed by atoms with Crippen molar-refractivity contribution in [3.8, 4) is 0 Å². The van der Waals surface area contributed by atoms with Gasteiger partial charge in [-0.15, -0.1) is 0 Å². The second kappa shape index (κ2) is 8.44. The van der Waals surface area contributed by atoms with Gasteiger partial charge >= 0.3 is 0 Å². The summed E-state index contributed by atoms with van der Waals surface area (Å²) in [4.78, 5) is 45.8. The van der Waals surface area contributed by atoms with Crippen molar-refractivity contribution in [3.63, 3.8) is 0 Å². The highest BCUT2D eigenvalue weighted by Crippen LogP contribution is 2.30. The van der Waals surface area contributed by atoms with Gasteiger partial charge in [-0.3, -0.25) is 24.2 Å². The number of carbonyl (C=O) groups excluding carboxylic acids is 3. The molecule has 0 aromatic heterocycles. The van der Waals surface area contributed by atoms with Crippen LogP contribution in [0.5, 0.6) is 0 Å². The molecule has 0 aliphatic carbocycles. The molecular weight excluding hydrogens is 398 g/mol. The fourth-order valence-electron chi connectivity index (χ4n) is 3.75. The first-order chi connectivity index (χ1) is 14.5. The third-order valence-electron chi connectivity index (χ3n) is 5.37. The summed E-state index contributed by atoms with van der Waals surface area (Å²) in [7, 11) is 0. The molecule has 1 atom stereocenters. The lowest BCUT2D eigenvalue weighted by molar-refractivity contribution is -0.128. The fraction of sp³-hybridized carbons (Fsp3) is 0.304. The van der Waals surface area contributed by atoms with Gasteiger partial charge in [0, 0.05) is 24.8 Å². The molecule has 4 rings (SSSR count). The third kappa shape index (κ3) is 3.77. The number of benzene rings is 2. The summed E-state index contributed by atoms with van der Waals surface area (Å²) in [6, 6.07) is 14.7. The van der Waals surface area contributed by atoms with Crippen molar-refractivity contribution in [1.82, 2.24) is 9.80 Å². The zero-order valence-electron chi connectivity index (χ0n) is 17.0. The molecule has 30 heavy (non-hydrogen) atoms. The average molecular weight is 422 g/mol. The minimum Gasteiger partial charge on any atom is -0.287 e. The lowest BCUT2D eigenvalue weighted by atomic mass is 10.1. The Labute approximate surface area is 180 Å². The monoisotopic (exact) mass is 421 g/mol. The molecule has 0 N–H and O–H groups in total. The van der Waals surface area contributed by atoms with Crippen molar-refractivity contribution in [1.29, 1.82) is 0 Å². The van der Waals surface area contributed by atoms with Gasteiger partial charge in [-0.1, -0.05) is 43.0 Å². The predicted octanol–water partition coefficient (Wildman–Crippen LogP) is 4.02. The number of fused-ring (bicyclic) bond motifs is 1. The van der Waals surface area contributed by atoms with E-state index in [4.69, 9.17) is 4.99 Å². The number of nitrogens with zero attached hydrogens (tertiary/aromatic N) is 3. The van der Waals surface area contributed by atoms with Crippen LogP contribution in [-0.4, -0.2) is 51.0 Å². The Bertz CT molecular complexity index is 1010. The lowest BCUT2D eigenvalue weighted by Gasteiger charge is -2.24. The van der Waals surface area contributed by atoms with Gasteiger partial charge in [-0.25, -0.2) is 4.99 Å². The minimum atomic E-state index is -0.333. The third-order valence-corrected chi connectivity index (χ3v) is 6.47. The highest BCUT2D eigenvalue weighted by Gasteiger charge is 2.37. The van der Waals surface area contributed by atoms with E-state index in [-0.39, 0.29) is 36.7 Å². The predicted molar refractivity (Wildman–Crippen MR) is 118 cm³/mol. The van der Waals surface area contributed by atoms with Crippen LogP contribution in [0.15, 0.2) is 53.5 Å². The van der Waals surface area contributed by atoms with Gasteiger partial charge in [0.05, 0.1) is 16.8 Å². The second-order valence-corrected chi connectivity index (χ2v) is 8.41. The molecule has 0 unspecified atom stereocenters. The molecule has 7 heteroatoms. The number of carbonyl (C=O) groups is 3. The number of aryl methyl sites for hydroxylation is 1. The summed E-state index contributed by atoms with van der Waals surface area (Å²) in [6.45, 7) is 4.12. The summed E-state index contributed by atoms with van der Waals surface area (Å²) < 4.78 is 0. The van der Waals surface area contributed by atoms with Crippen LogP contribution >= 0.6 is 11.8 Å². The Hall–Kier alpha value is -2.93. The average Bonchev–Trinajstić information content (AvgIpc) is 3.25. The molecular formula is C23H23N3O3S. The highest BCUT2D eigenvalue weighted by atomic mass is 32.2. The van der Waals surface area contributed by atoms with E-state index in [2.05, 4.69) is 0 Å². The van der Waals surface area contributed by atoms with Crippen molar-refractivity contribution in [2.24, 2.45) is 4.99 Å². The molecule has 3 amide bonds. The van der Waals surface area contributed by atoms with E-state index < -0.39 is 0 Å². The number of thioether (sulfide) groups is 1. The van der Waals surface area contributed by atoms with E-state index in [1.807, 2.05) is 38.1 Å². The van der Waals surface area contributed by atoms with Crippen LogP contribution in [0, 0.1) is 6.92 Å². The van der Waals surface area contributed by atoms with E-state index in [0.717, 1.165) is 23.4 Å². The van der Waals surface area contributed by atoms with Gasteiger partial charge in [0.2, 0.25) is 5.91 Å². The van der Waals surface area contributed by atoms with Crippen LogP contribution in [0.2, 0.25) is 0 Å². The van der Waals surface area contributed by atoms with Gasteiger partial charge in [0.1, 0.15) is 0 Å². The molecule has 154 valence electrons. The maximum atomic E-state index is 13.1. The van der Waals surface area contributed by atoms with E-state index >= 15 is 0 Å². The minimum absolute atomic E-state index is 0.0632. The first kappa shape index (κ1) is 20.3. The number of hydrogen-bond acceptors (Lipinski definition) is 5. The second-order valence-electron chi connectivity index (χ2n) is 7.43. The van der Waals surface area contributed by atoms with Crippen molar-refractivity contribution < 1.29 is 14.4 Å². The molecule has 2 aliphatic rings. The summed E-state index contributed by atoms with van der Waals surface area (Å²) in [5.41, 5.74) is 2.72. The molecule has 1 fully saturated rings. The first-order valence-corrected chi connectivity index (χ1v) is 11.0. The SMILES string of the molecule is CC[C@@H]1CSC(=Nc2cccc(C)c2)N1C(=O)CCN1C(=O)c2ccccc2C1=O. The smallest absolute Gasteiger partial charge is 0.261 e. The Balaban J connectivity index is 1.50. The normalized spacial score (nSPS) is 19.7. The van der Waals surface area contributed by atoms with Crippen LogP contribution < -0.4 is 0 Å². The van der Waals surface area contributed by atoms with Gasteiger partial charge in [-0.05, 0) is 43.2 Å². The van der Waals surface area contributed by atoms with Crippen LogP contribution in [0.3, 0.4) is 0 Å². The van der Waals surface area contributed by atoms with Crippen molar-refractivity contribution in [2.45, 2.75) is 32.7 Å². The van der Waals surface area contributed by atoms with E-state index in [1.54, 1.807) is 40.9 Å². The molecule has 0 spiro atoms. The zero-order chi connectivity index (χ0) is 21.3. The highest BCUT2D eigenvalue weighted by molar-refractivity contribution is 8.14. The number of imide groups is 1. The number of amides is 3. The Morgan fingerprint density at radius 2 is 1.80 bits per heavy atom. The van der Waals surface area contributed by atoms with Crippen molar-refractivity contribution in [2.75, 3.05) is 12.3 Å². The summed E-state index contributed by atoms with van der Waals surface area (Å²) in [6.07, 6.45) is 0.897. The Morgan fingerprint density at radius 1 is 1.10 bits per heavy atom. The van der Waals surface area contributed by atoms with Gasteiger partial charge < -0.3 is 0 Å². The van der Waals surface area contributed by atoms with Crippen LogP contribution in [0.25, 0.3) is 0 Å². The van der Waals surface area contributed by atoms with E-state index in [9.17, 15) is 14.4 Å². The summed E-state index contributed by atoms with van der Waals surface area (Å²) >= 11 is 1.57. The molecule has 0 bridgehead atoms. The maximum absolute atomic E-state index is 13.1. The molecule has 2 aliphatic heterocycles. The van der Waals surface area contributed by atoms with Crippen LogP contribution in [-0.2, 0) is 4.79 Å². The Kier molecular flexibility index (Phi) is 5.72. The summed E-state index contributed by atoms with van der Waals surface area (Å²) in [5.74, 6) is 0.00878. The van der Waals surface area contributed by atoms with E-state index in [1.165, 1.54) is 4.90 Å². The molecule has 2 aromatic rings. The Morgan fingerprint density at radius 3 is 2.43 bits per heavy atom. The fourth-order valence-corrected chi connectivity index (χ4v) is 5.03. The zero-order valence-corrected chi connectivity index (χ0v) is 17.8. The number of amidine groups is 1. The van der Waals surface area contributed by atoms with Gasteiger partial charge in [0.25, 0.3) is 11.8 Å². The summed E-state index contributed by atoms with van der Waals surface area (Å²) in [5, 5.41) is 0.680. The first-order valence-electron chi connectivity index (χ1n) is 10.0. The number of rotatable bonds is 5. The molecule has 0 saturated carbocycles. The van der Waals surface area contributed by atoms with Gasteiger partial charge in [-0.2, -0.15) is 0 Å². The van der Waals surface area contributed by atoms with Crippen LogP contribution in [0.1, 0.15) is 46.0 Å². The lowest BCUT2D eigenvalue weighted by Crippen LogP contribution is -2.41. The molecule has 6 nitrogen and oxygen atoms in total. The quantitative estimate of drug-likeness (QED) is 0.684. The number of aliphatic imine (C=N–C) groups is 1.